The molecule has 42 heavy (non-hydrogen) atoms. The molecule has 5 aliphatic rings. The molecule has 0 heterocycles. The van der Waals surface area contributed by atoms with Gasteiger partial charge < -0.3 is 9.16 Å². The second-order valence-electron chi connectivity index (χ2n) is 18.1. The molecule has 3 saturated carbocycles. The van der Waals surface area contributed by atoms with Gasteiger partial charge in [-0.2, -0.15) is 0 Å². The number of allylic oxidation sites excluding steroid dienone is 3. The van der Waals surface area contributed by atoms with Gasteiger partial charge in [-0.05, 0) is 115 Å². The zero-order valence-electron chi connectivity index (χ0n) is 29.6. The molecule has 0 aliphatic heterocycles. The summed E-state index contributed by atoms with van der Waals surface area (Å²) in [7, 11) is -0.227. The molecular formula is C38H64O3Si. The normalized spacial score (nSPS) is 46.9. The predicted molar refractivity (Wildman–Crippen MR) is 178 cm³/mol. The highest BCUT2D eigenvalue weighted by Crippen LogP contribution is 2.77. The fraction of sp³-hybridized carbons (Fsp3) is 0.868. The van der Waals surface area contributed by atoms with Crippen molar-refractivity contribution < 1.29 is 14.0 Å². The minimum absolute atomic E-state index is 0.0571. The zero-order valence-corrected chi connectivity index (χ0v) is 30.6. The summed E-state index contributed by atoms with van der Waals surface area (Å²) >= 11 is 0. The van der Waals surface area contributed by atoms with Crippen molar-refractivity contribution in [2.45, 2.75) is 139 Å². The van der Waals surface area contributed by atoms with Crippen molar-refractivity contribution in [3.63, 3.8) is 0 Å². The summed E-state index contributed by atoms with van der Waals surface area (Å²) in [6, 6.07) is 0. The Labute approximate surface area is 260 Å². The van der Waals surface area contributed by atoms with Gasteiger partial charge in [-0.15, -0.1) is 0 Å². The first-order chi connectivity index (χ1) is 19.3. The summed E-state index contributed by atoms with van der Waals surface area (Å²) in [5.74, 6) is 2.74. The standard InChI is InChI=1S/C38H64O3Si/c1-14-27-23-34(7,24-41-42(12,13)33(4,5)6)29-18-19-36(9)30(37(27,29)10)16-15-28-31-26(3)25(2)17-20-38(31,32(39)40-11)22-21-35(28,36)8/h15,23,25-26,29-31H,14,16-22,24H2,1-13H3/t25-,26+,29?,30?,31?,34?,35-,36-,37+,38?/m1/s1. The first kappa shape index (κ1) is 32.5. The lowest BCUT2D eigenvalue weighted by Crippen LogP contribution is -2.63. The van der Waals surface area contributed by atoms with Gasteiger partial charge >= 0.3 is 5.97 Å². The van der Waals surface area contributed by atoms with Crippen LogP contribution in [0.1, 0.15) is 121 Å². The van der Waals surface area contributed by atoms with E-state index in [0.29, 0.717) is 29.6 Å². The lowest BCUT2D eigenvalue weighted by molar-refractivity contribution is -0.177. The van der Waals surface area contributed by atoms with E-state index in [0.717, 1.165) is 45.1 Å². The lowest BCUT2D eigenvalue weighted by Gasteiger charge is -2.69. The molecule has 238 valence electrons. The van der Waals surface area contributed by atoms with Crippen LogP contribution in [0.4, 0.5) is 0 Å². The van der Waals surface area contributed by atoms with Crippen molar-refractivity contribution in [3.05, 3.63) is 23.3 Å². The number of ether oxygens (including phenoxy) is 1. The molecule has 10 atom stereocenters. The molecule has 0 spiro atoms. The quantitative estimate of drug-likeness (QED) is 0.180. The summed E-state index contributed by atoms with van der Waals surface area (Å²) in [6.07, 6.45) is 14.4. The van der Waals surface area contributed by atoms with Crippen LogP contribution in [0.3, 0.4) is 0 Å². The molecule has 0 aromatic carbocycles. The van der Waals surface area contributed by atoms with Crippen LogP contribution in [0.15, 0.2) is 23.3 Å². The summed E-state index contributed by atoms with van der Waals surface area (Å²) < 4.78 is 12.6. The molecule has 0 aromatic heterocycles. The fourth-order valence-corrected chi connectivity index (χ4v) is 12.7. The maximum Gasteiger partial charge on any atom is 0.312 e. The van der Waals surface area contributed by atoms with Gasteiger partial charge in [0.15, 0.2) is 8.32 Å². The zero-order chi connectivity index (χ0) is 31.3. The van der Waals surface area contributed by atoms with Gasteiger partial charge in [0.05, 0.1) is 12.5 Å². The molecule has 5 rings (SSSR count). The molecule has 0 aromatic rings. The molecule has 0 radical (unpaired) electrons. The molecule has 0 amide bonds. The van der Waals surface area contributed by atoms with Crippen LogP contribution < -0.4 is 0 Å². The highest BCUT2D eigenvalue weighted by Gasteiger charge is 2.70. The number of rotatable bonds is 5. The third-order valence-corrected chi connectivity index (χ3v) is 20.1. The molecule has 4 heteroatoms. The van der Waals surface area contributed by atoms with Gasteiger partial charge in [0.25, 0.3) is 0 Å². The van der Waals surface area contributed by atoms with E-state index in [1.165, 1.54) is 12.8 Å². The smallest absolute Gasteiger partial charge is 0.312 e. The number of carbonyl (C=O) groups excluding carboxylic acids is 1. The molecule has 0 bridgehead atoms. The van der Waals surface area contributed by atoms with Gasteiger partial charge in [0.1, 0.15) is 0 Å². The Hall–Kier alpha value is -0.873. The fourth-order valence-electron chi connectivity index (χ4n) is 11.6. The average Bonchev–Trinajstić information content (AvgIpc) is 3.15. The molecule has 0 N–H and O–H groups in total. The van der Waals surface area contributed by atoms with Crippen molar-refractivity contribution in [1.29, 1.82) is 0 Å². The topological polar surface area (TPSA) is 35.5 Å². The highest BCUT2D eigenvalue weighted by molar-refractivity contribution is 6.74. The Bertz CT molecular complexity index is 1160. The Morgan fingerprint density at radius 3 is 2.26 bits per heavy atom. The molecular weight excluding hydrogens is 533 g/mol. The maximum absolute atomic E-state index is 13.6. The second kappa shape index (κ2) is 10.1. The molecule has 5 aliphatic carbocycles. The predicted octanol–water partition coefficient (Wildman–Crippen LogP) is 10.4. The van der Waals surface area contributed by atoms with Gasteiger partial charge in [-0.1, -0.05) is 92.5 Å². The number of hydrogen-bond acceptors (Lipinski definition) is 3. The summed E-state index contributed by atoms with van der Waals surface area (Å²) in [4.78, 5) is 13.6. The summed E-state index contributed by atoms with van der Waals surface area (Å²) in [6.45, 7) is 30.5. The minimum Gasteiger partial charge on any atom is -0.469 e. The van der Waals surface area contributed by atoms with E-state index >= 15 is 0 Å². The van der Waals surface area contributed by atoms with E-state index in [1.54, 1.807) is 18.3 Å². The highest BCUT2D eigenvalue weighted by atomic mass is 28.4. The van der Waals surface area contributed by atoms with Crippen LogP contribution in [0, 0.1) is 56.7 Å². The Morgan fingerprint density at radius 1 is 1.00 bits per heavy atom. The number of hydrogen-bond donors (Lipinski definition) is 0. The third kappa shape index (κ3) is 4.15. The van der Waals surface area contributed by atoms with E-state index < -0.39 is 8.32 Å². The van der Waals surface area contributed by atoms with Crippen molar-refractivity contribution >= 4 is 14.3 Å². The molecule has 5 unspecified atom stereocenters. The van der Waals surface area contributed by atoms with Crippen LogP contribution in [0.5, 0.6) is 0 Å². The molecule has 0 saturated heterocycles. The molecule has 3 nitrogen and oxygen atoms in total. The largest absolute Gasteiger partial charge is 0.469 e. The van der Waals surface area contributed by atoms with E-state index in [9.17, 15) is 4.79 Å². The van der Waals surface area contributed by atoms with Gasteiger partial charge in [-0.3, -0.25) is 4.79 Å². The number of esters is 1. The number of fused-ring (bicyclic) bond motifs is 7. The van der Waals surface area contributed by atoms with Crippen LogP contribution in [-0.4, -0.2) is 28.0 Å². The summed E-state index contributed by atoms with van der Waals surface area (Å²) in [5.41, 5.74) is 3.57. The Kier molecular flexibility index (Phi) is 7.79. The van der Waals surface area contributed by atoms with E-state index in [2.05, 4.69) is 94.5 Å². The molecule has 3 fully saturated rings. The monoisotopic (exact) mass is 596 g/mol. The SMILES string of the molecule is CCC1=CC(C)(CO[Si](C)(C)C(C)(C)C)C2CC[C@]3(C)C(CC=C4C5[C@@H](C)[C@H](C)CCC5(C(=O)OC)CC[C@]43C)[C@@]12C. The van der Waals surface area contributed by atoms with E-state index in [-0.39, 0.29) is 38.1 Å². The first-order valence-corrected chi connectivity index (χ1v) is 20.3. The van der Waals surface area contributed by atoms with Crippen LogP contribution in [0.25, 0.3) is 0 Å². The van der Waals surface area contributed by atoms with Crippen molar-refractivity contribution in [3.8, 4) is 0 Å². The second-order valence-corrected chi connectivity index (χ2v) is 23.0. The van der Waals surface area contributed by atoms with E-state index in [4.69, 9.17) is 9.16 Å². The summed E-state index contributed by atoms with van der Waals surface area (Å²) in [5, 5.41) is 0.223. The van der Waals surface area contributed by atoms with E-state index in [1.807, 2.05) is 0 Å². The number of methoxy groups -OCH3 is 1. The van der Waals surface area contributed by atoms with Gasteiger partial charge in [0, 0.05) is 12.0 Å². The maximum atomic E-state index is 13.6. The first-order valence-electron chi connectivity index (χ1n) is 17.4. The van der Waals surface area contributed by atoms with Crippen molar-refractivity contribution in [2.75, 3.05) is 13.7 Å². The van der Waals surface area contributed by atoms with Crippen LogP contribution in [0.2, 0.25) is 18.1 Å². The lowest BCUT2D eigenvalue weighted by atomic mass is 9.35. The Morgan fingerprint density at radius 2 is 1.67 bits per heavy atom. The van der Waals surface area contributed by atoms with Crippen molar-refractivity contribution in [2.24, 2.45) is 56.7 Å². The average molecular weight is 597 g/mol. The Balaban J connectivity index is 1.55. The van der Waals surface area contributed by atoms with Crippen LogP contribution >= 0.6 is 0 Å². The number of carbonyl (C=O) groups is 1. The van der Waals surface area contributed by atoms with Crippen molar-refractivity contribution in [1.82, 2.24) is 0 Å². The van der Waals surface area contributed by atoms with Crippen LogP contribution in [-0.2, 0) is 14.0 Å². The van der Waals surface area contributed by atoms with Gasteiger partial charge in [0.2, 0.25) is 0 Å². The third-order valence-electron chi connectivity index (χ3n) is 15.6. The minimum atomic E-state index is -1.84. The van der Waals surface area contributed by atoms with Gasteiger partial charge in [-0.25, -0.2) is 0 Å².